The second-order valence-corrected chi connectivity index (χ2v) is 5.28. The summed E-state index contributed by atoms with van der Waals surface area (Å²) in [4.78, 5) is 20.9. The molecule has 1 aliphatic heterocycles. The van der Waals surface area contributed by atoms with Crippen molar-refractivity contribution in [2.24, 2.45) is 0 Å². The Labute approximate surface area is 96.0 Å². The molecule has 0 aliphatic carbocycles. The summed E-state index contributed by atoms with van der Waals surface area (Å²) in [5.74, 6) is 0. The Balaban J connectivity index is 2.70. The molecule has 0 atom stereocenters. The van der Waals surface area contributed by atoms with Gasteiger partial charge in [0.15, 0.2) is 0 Å². The topological polar surface area (TPSA) is 110 Å². The van der Waals surface area contributed by atoms with Crippen LogP contribution < -0.4 is 5.32 Å². The van der Waals surface area contributed by atoms with E-state index in [9.17, 15) is 23.3 Å². The zero-order valence-electron chi connectivity index (χ0n) is 8.58. The monoisotopic (exact) mass is 257 g/mol. The Morgan fingerprint density at radius 2 is 2.06 bits per heavy atom. The molecule has 9 heteroatoms. The third-order valence-corrected chi connectivity index (χ3v) is 4.12. The molecule has 8 nitrogen and oxygen atoms in total. The highest BCUT2D eigenvalue weighted by Crippen LogP contribution is 2.31. The Morgan fingerprint density at radius 1 is 1.41 bits per heavy atom. The molecule has 1 aromatic carbocycles. The maximum Gasteiger partial charge on any atom is 0.335 e. The summed E-state index contributed by atoms with van der Waals surface area (Å²) in [6.07, 6.45) is 0. The maximum absolute atomic E-state index is 11.8. The third-order valence-electron chi connectivity index (χ3n) is 2.34. The molecular formula is C8H7N3O5S. The van der Waals surface area contributed by atoms with Crippen molar-refractivity contribution in [1.82, 2.24) is 4.31 Å². The molecule has 1 aliphatic rings. The molecule has 1 heterocycles. The molecule has 0 saturated heterocycles. The lowest BCUT2D eigenvalue weighted by Gasteiger charge is -2.25. The van der Waals surface area contributed by atoms with Gasteiger partial charge in [0, 0.05) is 19.2 Å². The molecule has 17 heavy (non-hydrogen) atoms. The lowest BCUT2D eigenvalue weighted by molar-refractivity contribution is -0.385. The summed E-state index contributed by atoms with van der Waals surface area (Å²) in [7, 11) is -2.93. The van der Waals surface area contributed by atoms with Gasteiger partial charge in [-0.25, -0.2) is 17.5 Å². The standard InChI is InChI=1S/C8H7N3O5S/c1-10-8(12)9-6-3-2-5(11(13)14)4-7(6)17(10,15)16/h2-4H,1H3,(H,9,12). The highest BCUT2D eigenvalue weighted by molar-refractivity contribution is 7.90. The number of sulfonamides is 1. The van der Waals surface area contributed by atoms with Crippen molar-refractivity contribution in [1.29, 1.82) is 0 Å². The number of urea groups is 1. The lowest BCUT2D eigenvalue weighted by Crippen LogP contribution is -2.41. The van der Waals surface area contributed by atoms with E-state index in [0.29, 0.717) is 4.31 Å². The van der Waals surface area contributed by atoms with Crippen LogP contribution in [0.1, 0.15) is 0 Å². The van der Waals surface area contributed by atoms with E-state index >= 15 is 0 Å². The predicted octanol–water partition coefficient (Wildman–Crippen LogP) is 0.761. The van der Waals surface area contributed by atoms with Crippen molar-refractivity contribution >= 4 is 27.4 Å². The first-order valence-electron chi connectivity index (χ1n) is 4.42. The molecular weight excluding hydrogens is 250 g/mol. The van der Waals surface area contributed by atoms with Crippen LogP contribution >= 0.6 is 0 Å². The maximum atomic E-state index is 11.8. The summed E-state index contributed by atoms with van der Waals surface area (Å²) >= 11 is 0. The number of nitro benzene ring substituents is 1. The van der Waals surface area contributed by atoms with Gasteiger partial charge in [-0.2, -0.15) is 0 Å². The number of rotatable bonds is 1. The molecule has 0 aromatic heterocycles. The van der Waals surface area contributed by atoms with E-state index in [4.69, 9.17) is 0 Å². The van der Waals surface area contributed by atoms with Gasteiger partial charge < -0.3 is 5.32 Å². The van der Waals surface area contributed by atoms with Gasteiger partial charge in [-0.15, -0.1) is 0 Å². The van der Waals surface area contributed by atoms with Crippen LogP contribution in [0.5, 0.6) is 0 Å². The molecule has 0 fully saturated rings. The van der Waals surface area contributed by atoms with Gasteiger partial charge >= 0.3 is 6.03 Å². The predicted molar refractivity (Wildman–Crippen MR) is 57.1 cm³/mol. The van der Waals surface area contributed by atoms with Gasteiger partial charge in [0.05, 0.1) is 10.6 Å². The van der Waals surface area contributed by atoms with Crippen molar-refractivity contribution in [2.45, 2.75) is 4.90 Å². The van der Waals surface area contributed by atoms with Crippen LogP contribution in [0.25, 0.3) is 0 Å². The van der Waals surface area contributed by atoms with Crippen LogP contribution in [-0.4, -0.2) is 30.7 Å². The summed E-state index contributed by atoms with van der Waals surface area (Å²) in [6, 6.07) is 2.43. The average Bonchev–Trinajstić information content (AvgIpc) is 2.26. The molecule has 2 amide bonds. The zero-order valence-corrected chi connectivity index (χ0v) is 9.39. The number of anilines is 1. The van der Waals surface area contributed by atoms with Crippen molar-refractivity contribution < 1.29 is 18.1 Å². The Morgan fingerprint density at radius 3 is 2.65 bits per heavy atom. The number of nitrogens with one attached hydrogen (secondary N) is 1. The SMILES string of the molecule is CN1C(=O)Nc2ccc([N+](=O)[O-])cc2S1(=O)=O. The first-order valence-corrected chi connectivity index (χ1v) is 5.86. The Bertz CT molecular complexity index is 624. The van der Waals surface area contributed by atoms with Crippen LogP contribution in [-0.2, 0) is 10.0 Å². The molecule has 0 spiro atoms. The van der Waals surface area contributed by atoms with Crippen LogP contribution in [0.15, 0.2) is 23.1 Å². The number of hydrogen-bond acceptors (Lipinski definition) is 5. The summed E-state index contributed by atoms with van der Waals surface area (Å²) in [5, 5.41) is 12.9. The fourth-order valence-corrected chi connectivity index (χ4v) is 2.62. The number of non-ortho nitro benzene ring substituents is 1. The first-order chi connectivity index (χ1) is 7.84. The number of carbonyl (C=O) groups excluding carboxylic acids is 1. The number of carbonyl (C=O) groups is 1. The number of benzene rings is 1. The highest BCUT2D eigenvalue weighted by atomic mass is 32.2. The second-order valence-electron chi connectivity index (χ2n) is 3.34. The number of fused-ring (bicyclic) bond motifs is 1. The van der Waals surface area contributed by atoms with Crippen LogP contribution in [0.4, 0.5) is 16.2 Å². The van der Waals surface area contributed by atoms with Crippen molar-refractivity contribution in [3.05, 3.63) is 28.3 Å². The zero-order chi connectivity index (χ0) is 12.8. The molecule has 0 unspecified atom stereocenters. The van der Waals surface area contributed by atoms with Crippen molar-refractivity contribution in [3.63, 3.8) is 0 Å². The highest BCUT2D eigenvalue weighted by Gasteiger charge is 2.34. The Kier molecular flexibility index (Phi) is 2.28. The summed E-state index contributed by atoms with van der Waals surface area (Å²) in [6.45, 7) is 0. The van der Waals surface area contributed by atoms with E-state index in [1.165, 1.54) is 6.07 Å². The van der Waals surface area contributed by atoms with E-state index in [2.05, 4.69) is 5.32 Å². The van der Waals surface area contributed by atoms with E-state index in [1.54, 1.807) is 0 Å². The fraction of sp³-hybridized carbons (Fsp3) is 0.125. The minimum absolute atomic E-state index is 0.0405. The van der Waals surface area contributed by atoms with Gasteiger partial charge in [0.25, 0.3) is 15.7 Å². The normalized spacial score (nSPS) is 17.2. The van der Waals surface area contributed by atoms with Crippen LogP contribution in [0, 0.1) is 10.1 Å². The number of nitrogens with zero attached hydrogens (tertiary/aromatic N) is 2. The fourth-order valence-electron chi connectivity index (χ4n) is 1.39. The molecule has 0 radical (unpaired) electrons. The molecule has 2 rings (SSSR count). The largest absolute Gasteiger partial charge is 0.335 e. The van der Waals surface area contributed by atoms with Gasteiger partial charge in [-0.05, 0) is 6.07 Å². The van der Waals surface area contributed by atoms with Crippen LogP contribution in [0.2, 0.25) is 0 Å². The third kappa shape index (κ3) is 1.60. The van der Waals surface area contributed by atoms with Crippen molar-refractivity contribution in [2.75, 3.05) is 12.4 Å². The molecule has 0 saturated carbocycles. The minimum atomic E-state index is -4.01. The lowest BCUT2D eigenvalue weighted by atomic mass is 10.3. The van der Waals surface area contributed by atoms with E-state index in [-0.39, 0.29) is 16.3 Å². The van der Waals surface area contributed by atoms with Gasteiger partial charge in [-0.3, -0.25) is 10.1 Å². The minimum Gasteiger partial charge on any atom is -0.306 e. The van der Waals surface area contributed by atoms with Crippen molar-refractivity contribution in [3.8, 4) is 0 Å². The van der Waals surface area contributed by atoms with E-state index in [0.717, 1.165) is 19.2 Å². The van der Waals surface area contributed by atoms with E-state index < -0.39 is 21.0 Å². The number of amides is 2. The number of nitro groups is 1. The summed E-state index contributed by atoms with van der Waals surface area (Å²) < 4.78 is 24.2. The van der Waals surface area contributed by atoms with Gasteiger partial charge in [0.1, 0.15) is 4.90 Å². The molecule has 0 bridgehead atoms. The molecule has 1 N–H and O–H groups in total. The molecule has 90 valence electrons. The average molecular weight is 257 g/mol. The van der Waals surface area contributed by atoms with E-state index in [1.807, 2.05) is 0 Å². The van der Waals surface area contributed by atoms with Crippen LogP contribution in [0.3, 0.4) is 0 Å². The van der Waals surface area contributed by atoms with Gasteiger partial charge in [0.2, 0.25) is 0 Å². The summed E-state index contributed by atoms with van der Waals surface area (Å²) in [5.41, 5.74) is -0.310. The van der Waals surface area contributed by atoms with Gasteiger partial charge in [-0.1, -0.05) is 0 Å². The number of hydrogen-bond donors (Lipinski definition) is 1. The Hall–Kier alpha value is -2.16. The smallest absolute Gasteiger partial charge is 0.306 e. The molecule has 1 aromatic rings. The second kappa shape index (κ2) is 3.42. The first kappa shape index (κ1) is 11.3. The quantitative estimate of drug-likeness (QED) is 0.590.